The SMILES string of the molecule is CCCOc1c(Br)cc(C(=O)N2CCC(NC(=O)c3cccnc3)CC2)cc1OC. The third kappa shape index (κ3) is 5.30. The molecule has 0 unspecified atom stereocenters. The lowest BCUT2D eigenvalue weighted by molar-refractivity contribution is 0.0697. The molecule has 0 bridgehead atoms. The lowest BCUT2D eigenvalue weighted by Gasteiger charge is -2.32. The Kier molecular flexibility index (Phi) is 7.68. The van der Waals surface area contributed by atoms with E-state index in [9.17, 15) is 9.59 Å². The molecule has 160 valence electrons. The van der Waals surface area contributed by atoms with Gasteiger partial charge in [-0.25, -0.2) is 0 Å². The highest BCUT2D eigenvalue weighted by atomic mass is 79.9. The normalized spacial score (nSPS) is 14.3. The summed E-state index contributed by atoms with van der Waals surface area (Å²) in [6.07, 6.45) is 5.47. The van der Waals surface area contributed by atoms with E-state index in [1.165, 1.54) is 0 Å². The van der Waals surface area contributed by atoms with E-state index in [1.807, 2.05) is 6.92 Å². The van der Waals surface area contributed by atoms with Crippen LogP contribution in [-0.4, -0.2) is 54.5 Å². The Balaban J connectivity index is 1.61. The molecule has 0 aliphatic carbocycles. The molecule has 1 aromatic carbocycles. The number of pyridine rings is 1. The third-order valence-electron chi connectivity index (χ3n) is 4.97. The summed E-state index contributed by atoms with van der Waals surface area (Å²) in [4.78, 5) is 31.1. The summed E-state index contributed by atoms with van der Waals surface area (Å²) in [6.45, 7) is 3.75. The molecule has 1 fully saturated rings. The van der Waals surface area contributed by atoms with Crippen LogP contribution in [0.1, 0.15) is 46.9 Å². The number of hydrogen-bond acceptors (Lipinski definition) is 5. The van der Waals surface area contributed by atoms with E-state index in [0.29, 0.717) is 59.6 Å². The molecule has 1 aliphatic rings. The van der Waals surface area contributed by atoms with Crippen LogP contribution in [0.2, 0.25) is 0 Å². The van der Waals surface area contributed by atoms with Crippen molar-refractivity contribution in [3.63, 3.8) is 0 Å². The molecular weight excluding hydrogens is 450 g/mol. The van der Waals surface area contributed by atoms with Crippen LogP contribution in [0, 0.1) is 0 Å². The van der Waals surface area contributed by atoms with Gasteiger partial charge in [0.05, 0.1) is 23.8 Å². The van der Waals surface area contributed by atoms with Crippen molar-refractivity contribution in [2.75, 3.05) is 26.8 Å². The number of benzene rings is 1. The first-order valence-electron chi connectivity index (χ1n) is 10.0. The lowest BCUT2D eigenvalue weighted by atomic mass is 10.0. The van der Waals surface area contributed by atoms with Crippen molar-refractivity contribution in [3.8, 4) is 11.5 Å². The van der Waals surface area contributed by atoms with Crippen molar-refractivity contribution >= 4 is 27.7 Å². The summed E-state index contributed by atoms with van der Waals surface area (Å²) in [7, 11) is 1.56. The Morgan fingerprint density at radius 2 is 2.03 bits per heavy atom. The Morgan fingerprint density at radius 1 is 1.27 bits per heavy atom. The molecule has 0 saturated carbocycles. The summed E-state index contributed by atoms with van der Waals surface area (Å²) in [5, 5.41) is 3.03. The van der Waals surface area contributed by atoms with E-state index >= 15 is 0 Å². The smallest absolute Gasteiger partial charge is 0.254 e. The predicted molar refractivity (Wildman–Crippen MR) is 117 cm³/mol. The van der Waals surface area contributed by atoms with Crippen LogP contribution >= 0.6 is 15.9 Å². The zero-order valence-electron chi connectivity index (χ0n) is 17.2. The van der Waals surface area contributed by atoms with Gasteiger partial charge in [0.1, 0.15) is 0 Å². The fourth-order valence-electron chi connectivity index (χ4n) is 3.36. The third-order valence-corrected chi connectivity index (χ3v) is 5.56. The van der Waals surface area contributed by atoms with E-state index in [-0.39, 0.29) is 17.9 Å². The average Bonchev–Trinajstić information content (AvgIpc) is 2.78. The monoisotopic (exact) mass is 475 g/mol. The maximum Gasteiger partial charge on any atom is 0.254 e. The quantitative estimate of drug-likeness (QED) is 0.660. The fraction of sp³-hybridized carbons (Fsp3) is 0.409. The second-order valence-electron chi connectivity index (χ2n) is 7.12. The first-order chi connectivity index (χ1) is 14.5. The number of carbonyl (C=O) groups excluding carboxylic acids is 2. The molecule has 1 N–H and O–H groups in total. The maximum absolute atomic E-state index is 13.0. The lowest BCUT2D eigenvalue weighted by Crippen LogP contribution is -2.46. The Morgan fingerprint density at radius 3 is 2.67 bits per heavy atom. The summed E-state index contributed by atoms with van der Waals surface area (Å²) < 4.78 is 11.9. The topological polar surface area (TPSA) is 80.8 Å². The van der Waals surface area contributed by atoms with Gasteiger partial charge in [0, 0.05) is 37.1 Å². The first-order valence-corrected chi connectivity index (χ1v) is 10.8. The molecule has 2 heterocycles. The molecule has 2 aromatic rings. The summed E-state index contributed by atoms with van der Waals surface area (Å²) in [6, 6.07) is 7.00. The van der Waals surface area contributed by atoms with E-state index in [4.69, 9.17) is 9.47 Å². The second-order valence-corrected chi connectivity index (χ2v) is 7.97. The van der Waals surface area contributed by atoms with Crippen LogP contribution in [0.25, 0.3) is 0 Å². The van der Waals surface area contributed by atoms with E-state index in [1.54, 1.807) is 48.7 Å². The Hall–Kier alpha value is -2.61. The minimum Gasteiger partial charge on any atom is -0.493 e. The highest BCUT2D eigenvalue weighted by Gasteiger charge is 2.26. The standard InChI is InChI=1S/C22H26BrN3O4/c1-3-11-30-20-18(23)12-16(13-19(20)29-2)22(28)26-9-6-17(7-10-26)25-21(27)15-5-4-8-24-14-15/h4-5,8,12-14,17H,3,6-7,9-11H2,1-2H3,(H,25,27). The van der Waals surface area contributed by atoms with Crippen LogP contribution in [-0.2, 0) is 0 Å². The molecule has 0 radical (unpaired) electrons. The molecule has 7 nitrogen and oxygen atoms in total. The Labute approximate surface area is 184 Å². The molecular formula is C22H26BrN3O4. The van der Waals surface area contributed by atoms with Gasteiger partial charge in [-0.2, -0.15) is 0 Å². The number of amides is 2. The number of nitrogens with one attached hydrogen (secondary N) is 1. The van der Waals surface area contributed by atoms with E-state index < -0.39 is 0 Å². The van der Waals surface area contributed by atoms with Crippen molar-refractivity contribution < 1.29 is 19.1 Å². The number of piperidine rings is 1. The highest BCUT2D eigenvalue weighted by molar-refractivity contribution is 9.10. The molecule has 0 atom stereocenters. The number of rotatable bonds is 7. The zero-order chi connectivity index (χ0) is 21.5. The number of carbonyl (C=O) groups is 2. The first kappa shape index (κ1) is 22.1. The summed E-state index contributed by atoms with van der Waals surface area (Å²) in [5.74, 6) is 0.935. The van der Waals surface area contributed by atoms with Gasteiger partial charge in [-0.05, 0) is 59.5 Å². The van der Waals surface area contributed by atoms with Gasteiger partial charge >= 0.3 is 0 Å². The molecule has 8 heteroatoms. The molecule has 1 saturated heterocycles. The molecule has 2 amide bonds. The molecule has 1 aliphatic heterocycles. The molecule has 0 spiro atoms. The molecule has 3 rings (SSSR count). The number of methoxy groups -OCH3 is 1. The molecule has 1 aromatic heterocycles. The van der Waals surface area contributed by atoms with Crippen LogP contribution < -0.4 is 14.8 Å². The van der Waals surface area contributed by atoms with Crippen molar-refractivity contribution in [2.45, 2.75) is 32.2 Å². The minimum absolute atomic E-state index is 0.0350. The minimum atomic E-state index is -0.135. The highest BCUT2D eigenvalue weighted by Crippen LogP contribution is 2.37. The summed E-state index contributed by atoms with van der Waals surface area (Å²) >= 11 is 3.49. The Bertz CT molecular complexity index is 883. The van der Waals surface area contributed by atoms with E-state index in [0.717, 1.165) is 6.42 Å². The summed E-state index contributed by atoms with van der Waals surface area (Å²) in [5.41, 5.74) is 1.08. The maximum atomic E-state index is 13.0. The predicted octanol–water partition coefficient (Wildman–Crippen LogP) is 3.68. The largest absolute Gasteiger partial charge is 0.493 e. The van der Waals surface area contributed by atoms with Crippen molar-refractivity contribution in [1.82, 2.24) is 15.2 Å². The van der Waals surface area contributed by atoms with Crippen molar-refractivity contribution in [1.29, 1.82) is 0 Å². The number of aromatic nitrogens is 1. The number of ether oxygens (including phenoxy) is 2. The van der Waals surface area contributed by atoms with Crippen molar-refractivity contribution in [2.24, 2.45) is 0 Å². The van der Waals surface area contributed by atoms with Gasteiger partial charge in [-0.3, -0.25) is 14.6 Å². The van der Waals surface area contributed by atoms with Crippen LogP contribution in [0.4, 0.5) is 0 Å². The van der Waals surface area contributed by atoms with Crippen molar-refractivity contribution in [3.05, 3.63) is 52.3 Å². The number of likely N-dealkylation sites (tertiary alicyclic amines) is 1. The van der Waals surface area contributed by atoms with Crippen LogP contribution in [0.5, 0.6) is 11.5 Å². The van der Waals surface area contributed by atoms with Gasteiger partial charge < -0.3 is 19.7 Å². The van der Waals surface area contributed by atoms with Gasteiger partial charge in [0.15, 0.2) is 11.5 Å². The van der Waals surface area contributed by atoms with Gasteiger partial charge in [0.25, 0.3) is 11.8 Å². The number of nitrogens with zero attached hydrogens (tertiary/aromatic N) is 2. The van der Waals surface area contributed by atoms with Gasteiger partial charge in [0.2, 0.25) is 0 Å². The number of hydrogen-bond donors (Lipinski definition) is 1. The average molecular weight is 476 g/mol. The second kappa shape index (κ2) is 10.4. The molecule has 30 heavy (non-hydrogen) atoms. The number of halogens is 1. The van der Waals surface area contributed by atoms with Gasteiger partial charge in [-0.15, -0.1) is 0 Å². The zero-order valence-corrected chi connectivity index (χ0v) is 18.8. The van der Waals surface area contributed by atoms with Crippen LogP contribution in [0.3, 0.4) is 0 Å². The van der Waals surface area contributed by atoms with E-state index in [2.05, 4.69) is 26.2 Å². The fourth-order valence-corrected chi connectivity index (χ4v) is 3.92. The van der Waals surface area contributed by atoms with Gasteiger partial charge in [-0.1, -0.05) is 6.92 Å². The van der Waals surface area contributed by atoms with Crippen LogP contribution in [0.15, 0.2) is 41.1 Å².